The predicted octanol–water partition coefficient (Wildman–Crippen LogP) is 2.46. The van der Waals surface area contributed by atoms with Crippen LogP contribution in [-0.4, -0.2) is 38.9 Å². The number of nitrogens with zero attached hydrogens (tertiary/aromatic N) is 5. The van der Waals surface area contributed by atoms with Crippen LogP contribution in [0.5, 0.6) is 0 Å². The summed E-state index contributed by atoms with van der Waals surface area (Å²) < 4.78 is 1.79. The summed E-state index contributed by atoms with van der Waals surface area (Å²) in [5, 5.41) is 10.2. The second-order valence-corrected chi connectivity index (χ2v) is 6.09. The molecule has 0 unspecified atom stereocenters. The molecule has 2 amide bonds. The van der Waals surface area contributed by atoms with Gasteiger partial charge in [-0.05, 0) is 25.1 Å². The van der Waals surface area contributed by atoms with Gasteiger partial charge in [0, 0.05) is 37.6 Å². The molecule has 0 spiro atoms. The zero-order valence-corrected chi connectivity index (χ0v) is 14.6. The van der Waals surface area contributed by atoms with Crippen LogP contribution in [0, 0.1) is 6.92 Å². The summed E-state index contributed by atoms with van der Waals surface area (Å²) in [6.45, 7) is 3.34. The van der Waals surface area contributed by atoms with Crippen molar-refractivity contribution >= 4 is 23.4 Å². The minimum absolute atomic E-state index is 0.0573. The predicted molar refractivity (Wildman–Crippen MR) is 99.4 cm³/mol. The van der Waals surface area contributed by atoms with Crippen molar-refractivity contribution in [3.8, 4) is 11.3 Å². The summed E-state index contributed by atoms with van der Waals surface area (Å²) in [6.07, 6.45) is 3.47. The Labute approximate surface area is 150 Å². The van der Waals surface area contributed by atoms with Gasteiger partial charge in [0.1, 0.15) is 0 Å². The first-order chi connectivity index (χ1) is 12.6. The van der Waals surface area contributed by atoms with Crippen LogP contribution in [0.4, 0.5) is 22.1 Å². The Balaban J connectivity index is 1.56. The molecular formula is C18H19N7O. The van der Waals surface area contributed by atoms with Crippen molar-refractivity contribution < 1.29 is 4.79 Å². The molecule has 3 aromatic rings. The fraction of sp³-hybridized carbons (Fsp3) is 0.222. The Morgan fingerprint density at radius 2 is 2.00 bits per heavy atom. The highest BCUT2D eigenvalue weighted by Crippen LogP contribution is 2.24. The largest absolute Gasteiger partial charge is 0.336 e. The van der Waals surface area contributed by atoms with Gasteiger partial charge < -0.3 is 10.6 Å². The molecule has 4 rings (SSSR count). The van der Waals surface area contributed by atoms with Gasteiger partial charge in [-0.25, -0.2) is 14.8 Å². The second kappa shape index (κ2) is 6.47. The van der Waals surface area contributed by atoms with Crippen LogP contribution in [-0.2, 0) is 7.05 Å². The molecule has 0 aliphatic carbocycles. The maximum atomic E-state index is 11.8. The topological polar surface area (TPSA) is 88.0 Å². The molecule has 1 aliphatic rings. The van der Waals surface area contributed by atoms with E-state index in [0.717, 1.165) is 28.3 Å². The lowest BCUT2D eigenvalue weighted by atomic mass is 10.1. The van der Waals surface area contributed by atoms with Gasteiger partial charge in [0.25, 0.3) is 0 Å². The molecule has 1 saturated heterocycles. The number of rotatable bonds is 4. The molecule has 0 bridgehead atoms. The first-order valence-corrected chi connectivity index (χ1v) is 8.36. The van der Waals surface area contributed by atoms with E-state index in [0.29, 0.717) is 19.0 Å². The average molecular weight is 349 g/mol. The maximum absolute atomic E-state index is 11.8. The Hall–Kier alpha value is -3.42. The van der Waals surface area contributed by atoms with E-state index in [2.05, 4.69) is 25.7 Å². The molecule has 1 fully saturated rings. The van der Waals surface area contributed by atoms with Gasteiger partial charge in [0.2, 0.25) is 5.95 Å². The lowest BCUT2D eigenvalue weighted by Crippen LogP contribution is -2.27. The molecule has 132 valence electrons. The van der Waals surface area contributed by atoms with Crippen molar-refractivity contribution in [1.29, 1.82) is 0 Å². The average Bonchev–Trinajstić information content (AvgIpc) is 3.23. The van der Waals surface area contributed by atoms with Crippen molar-refractivity contribution in [2.75, 3.05) is 23.3 Å². The van der Waals surface area contributed by atoms with Crippen LogP contribution in [0.1, 0.15) is 5.69 Å². The summed E-state index contributed by atoms with van der Waals surface area (Å²) in [7, 11) is 1.89. The minimum Gasteiger partial charge on any atom is -0.336 e. The molecule has 8 nitrogen and oxygen atoms in total. The Kier molecular flexibility index (Phi) is 4.00. The standard InChI is InChI=1S/C18H19N7O/c1-12-16(11-21-24(12)2)23-17-19-8-7-15(22-17)13-3-5-14(6-4-13)25-10-9-20-18(25)26/h3-8,11H,9-10H2,1-2H3,(H,20,26)(H,19,22,23). The molecule has 0 atom stereocenters. The quantitative estimate of drug-likeness (QED) is 0.755. The van der Waals surface area contributed by atoms with Crippen LogP contribution in [0.25, 0.3) is 11.3 Å². The van der Waals surface area contributed by atoms with Gasteiger partial charge in [-0.2, -0.15) is 5.10 Å². The summed E-state index contributed by atoms with van der Waals surface area (Å²) in [6, 6.07) is 9.59. The number of hydrogen-bond donors (Lipinski definition) is 2. The van der Waals surface area contributed by atoms with E-state index < -0.39 is 0 Å². The van der Waals surface area contributed by atoms with Crippen LogP contribution in [0.3, 0.4) is 0 Å². The third-order valence-electron chi connectivity index (χ3n) is 4.47. The van der Waals surface area contributed by atoms with E-state index in [9.17, 15) is 4.79 Å². The normalized spacial score (nSPS) is 13.8. The summed E-state index contributed by atoms with van der Waals surface area (Å²) in [5.41, 5.74) is 4.53. The lowest BCUT2D eigenvalue weighted by Gasteiger charge is -2.14. The molecule has 0 saturated carbocycles. The van der Waals surface area contributed by atoms with Gasteiger partial charge in [-0.1, -0.05) is 12.1 Å². The molecule has 2 N–H and O–H groups in total. The molecule has 1 aromatic carbocycles. The number of amides is 2. The number of carbonyl (C=O) groups is 1. The van der Waals surface area contributed by atoms with Crippen LogP contribution < -0.4 is 15.5 Å². The van der Waals surface area contributed by atoms with Gasteiger partial charge in [-0.15, -0.1) is 0 Å². The van der Waals surface area contributed by atoms with Gasteiger partial charge in [0.15, 0.2) is 0 Å². The molecular weight excluding hydrogens is 330 g/mol. The number of benzene rings is 1. The number of carbonyl (C=O) groups excluding carboxylic acids is 1. The highest BCUT2D eigenvalue weighted by molar-refractivity contribution is 5.94. The fourth-order valence-electron chi connectivity index (χ4n) is 2.85. The molecule has 0 radical (unpaired) electrons. The highest BCUT2D eigenvalue weighted by Gasteiger charge is 2.20. The Bertz CT molecular complexity index is 948. The van der Waals surface area contributed by atoms with E-state index in [4.69, 9.17) is 0 Å². The van der Waals surface area contributed by atoms with E-state index in [1.165, 1.54) is 0 Å². The van der Waals surface area contributed by atoms with E-state index in [1.54, 1.807) is 22.0 Å². The van der Waals surface area contributed by atoms with Crippen molar-refractivity contribution in [1.82, 2.24) is 25.1 Å². The van der Waals surface area contributed by atoms with E-state index in [-0.39, 0.29) is 6.03 Å². The molecule has 1 aliphatic heterocycles. The number of urea groups is 1. The van der Waals surface area contributed by atoms with Crippen LogP contribution in [0.2, 0.25) is 0 Å². The van der Waals surface area contributed by atoms with Gasteiger partial charge in [-0.3, -0.25) is 9.58 Å². The lowest BCUT2D eigenvalue weighted by molar-refractivity contribution is 0.252. The fourth-order valence-corrected chi connectivity index (χ4v) is 2.85. The first kappa shape index (κ1) is 16.1. The van der Waals surface area contributed by atoms with Crippen molar-refractivity contribution in [2.45, 2.75) is 6.92 Å². The van der Waals surface area contributed by atoms with Crippen molar-refractivity contribution in [2.24, 2.45) is 7.05 Å². The van der Waals surface area contributed by atoms with Crippen LogP contribution in [0.15, 0.2) is 42.7 Å². The van der Waals surface area contributed by atoms with Crippen LogP contribution >= 0.6 is 0 Å². The molecule has 8 heteroatoms. The number of hydrogen-bond acceptors (Lipinski definition) is 5. The third-order valence-corrected chi connectivity index (χ3v) is 4.47. The third kappa shape index (κ3) is 2.97. The number of aromatic nitrogens is 4. The molecule has 2 aromatic heterocycles. The number of nitrogens with one attached hydrogen (secondary N) is 2. The smallest absolute Gasteiger partial charge is 0.321 e. The zero-order valence-electron chi connectivity index (χ0n) is 14.6. The Morgan fingerprint density at radius 3 is 2.65 bits per heavy atom. The monoisotopic (exact) mass is 349 g/mol. The highest BCUT2D eigenvalue weighted by atomic mass is 16.2. The van der Waals surface area contributed by atoms with Gasteiger partial charge in [0.05, 0.1) is 23.3 Å². The second-order valence-electron chi connectivity index (χ2n) is 6.09. The Morgan fingerprint density at radius 1 is 1.19 bits per heavy atom. The summed E-state index contributed by atoms with van der Waals surface area (Å²) >= 11 is 0. The van der Waals surface area contributed by atoms with Gasteiger partial charge >= 0.3 is 6.03 Å². The number of aryl methyl sites for hydroxylation is 1. The maximum Gasteiger partial charge on any atom is 0.321 e. The summed E-state index contributed by atoms with van der Waals surface area (Å²) in [4.78, 5) is 22.3. The molecule has 3 heterocycles. The first-order valence-electron chi connectivity index (χ1n) is 8.36. The summed E-state index contributed by atoms with van der Waals surface area (Å²) in [5.74, 6) is 0.515. The number of anilines is 3. The van der Waals surface area contributed by atoms with Crippen molar-refractivity contribution in [3.63, 3.8) is 0 Å². The minimum atomic E-state index is -0.0573. The van der Waals surface area contributed by atoms with Crippen molar-refractivity contribution in [3.05, 3.63) is 48.4 Å². The zero-order chi connectivity index (χ0) is 18.1. The SMILES string of the molecule is Cc1c(Nc2nccc(-c3ccc(N4CCNC4=O)cc3)n2)cnn1C. The van der Waals surface area contributed by atoms with E-state index >= 15 is 0 Å². The van der Waals surface area contributed by atoms with E-state index in [1.807, 2.05) is 44.3 Å². The molecule has 26 heavy (non-hydrogen) atoms.